The molecular formula is C21H24N2O3. The highest BCUT2D eigenvalue weighted by molar-refractivity contribution is 5.87. The molecule has 2 aromatic heterocycles. The van der Waals surface area contributed by atoms with E-state index in [0.29, 0.717) is 13.0 Å². The van der Waals surface area contributed by atoms with Gasteiger partial charge >= 0.3 is 0 Å². The first-order valence-corrected chi connectivity index (χ1v) is 9.21. The molecule has 1 aliphatic heterocycles. The molecule has 26 heavy (non-hydrogen) atoms. The van der Waals surface area contributed by atoms with E-state index < -0.39 is 0 Å². The number of rotatable bonds is 6. The Bertz CT molecular complexity index is 876. The summed E-state index contributed by atoms with van der Waals surface area (Å²) in [4.78, 5) is 14.9. The van der Waals surface area contributed by atoms with E-state index in [9.17, 15) is 4.79 Å². The number of benzene rings is 1. The van der Waals surface area contributed by atoms with Crippen LogP contribution < -0.4 is 5.32 Å². The van der Waals surface area contributed by atoms with Gasteiger partial charge < -0.3 is 14.2 Å². The van der Waals surface area contributed by atoms with Gasteiger partial charge in [-0.05, 0) is 56.6 Å². The van der Waals surface area contributed by atoms with Gasteiger partial charge in [-0.3, -0.25) is 9.69 Å². The second kappa shape index (κ2) is 7.38. The Balaban J connectivity index is 1.41. The first-order chi connectivity index (χ1) is 12.7. The highest BCUT2D eigenvalue weighted by atomic mass is 16.3. The van der Waals surface area contributed by atoms with Crippen LogP contribution in [0.25, 0.3) is 11.0 Å². The van der Waals surface area contributed by atoms with E-state index in [-0.39, 0.29) is 11.9 Å². The number of hydrogen-bond acceptors (Lipinski definition) is 4. The van der Waals surface area contributed by atoms with Crippen LogP contribution in [0.3, 0.4) is 0 Å². The summed E-state index contributed by atoms with van der Waals surface area (Å²) in [5, 5.41) is 4.09. The average molecular weight is 352 g/mol. The van der Waals surface area contributed by atoms with E-state index in [1.165, 1.54) is 12.8 Å². The molecule has 1 N–H and O–H groups in total. The van der Waals surface area contributed by atoms with E-state index in [1.807, 2.05) is 37.3 Å². The van der Waals surface area contributed by atoms with Gasteiger partial charge in [0.15, 0.2) is 0 Å². The van der Waals surface area contributed by atoms with Crippen LogP contribution in [0.2, 0.25) is 0 Å². The average Bonchev–Trinajstić information content (AvgIpc) is 3.37. The van der Waals surface area contributed by atoms with E-state index in [1.54, 1.807) is 12.5 Å². The summed E-state index contributed by atoms with van der Waals surface area (Å²) in [6, 6.07) is 10.0. The Morgan fingerprint density at radius 1 is 1.23 bits per heavy atom. The molecule has 5 nitrogen and oxygen atoms in total. The van der Waals surface area contributed by atoms with Crippen LogP contribution in [-0.4, -0.2) is 30.4 Å². The second-order valence-corrected chi connectivity index (χ2v) is 7.02. The van der Waals surface area contributed by atoms with Crippen molar-refractivity contribution in [3.63, 3.8) is 0 Å². The Morgan fingerprint density at radius 2 is 2.08 bits per heavy atom. The number of nitrogens with one attached hydrogen (secondary N) is 1. The monoisotopic (exact) mass is 352 g/mol. The van der Waals surface area contributed by atoms with Crippen molar-refractivity contribution >= 4 is 16.9 Å². The van der Waals surface area contributed by atoms with E-state index in [0.717, 1.165) is 40.9 Å². The van der Waals surface area contributed by atoms with Gasteiger partial charge in [0.25, 0.3) is 0 Å². The van der Waals surface area contributed by atoms with E-state index in [4.69, 9.17) is 8.83 Å². The van der Waals surface area contributed by atoms with Gasteiger partial charge in [0.1, 0.15) is 11.3 Å². The van der Waals surface area contributed by atoms with Gasteiger partial charge in [-0.1, -0.05) is 12.1 Å². The van der Waals surface area contributed by atoms with Gasteiger partial charge in [-0.25, -0.2) is 0 Å². The molecule has 0 saturated carbocycles. The summed E-state index contributed by atoms with van der Waals surface area (Å²) < 4.78 is 11.2. The molecule has 0 radical (unpaired) electrons. The first kappa shape index (κ1) is 16.9. The number of amides is 1. The third-order valence-electron chi connectivity index (χ3n) is 5.11. The van der Waals surface area contributed by atoms with Crippen molar-refractivity contribution in [2.75, 3.05) is 19.6 Å². The Kier molecular flexibility index (Phi) is 4.80. The molecule has 1 aromatic carbocycles. The molecule has 3 aromatic rings. The van der Waals surface area contributed by atoms with Crippen molar-refractivity contribution < 1.29 is 13.6 Å². The zero-order valence-electron chi connectivity index (χ0n) is 15.0. The molecule has 0 unspecified atom stereocenters. The lowest BCUT2D eigenvalue weighted by Crippen LogP contribution is -2.37. The molecule has 0 bridgehead atoms. The van der Waals surface area contributed by atoms with Gasteiger partial charge in [0.05, 0.1) is 25.0 Å². The molecule has 1 amide bonds. The number of likely N-dealkylation sites (tertiary alicyclic amines) is 1. The Labute approximate surface area is 153 Å². The number of furan rings is 2. The predicted octanol–water partition coefficient (Wildman–Crippen LogP) is 3.83. The normalized spacial score (nSPS) is 16.2. The standard InChI is InChI=1S/C21H24N2O3/c1-15-6-7-17-16(14-26-20(17)11-15)12-21(24)22-13-18(19-5-4-10-25-19)23-8-2-3-9-23/h4-7,10-11,14,18H,2-3,8-9,12-13H2,1H3,(H,22,24)/t18-/m0/s1. The topological polar surface area (TPSA) is 58.6 Å². The lowest BCUT2D eigenvalue weighted by Gasteiger charge is -2.26. The minimum absolute atomic E-state index is 0.00373. The third-order valence-corrected chi connectivity index (χ3v) is 5.11. The quantitative estimate of drug-likeness (QED) is 0.732. The summed E-state index contributed by atoms with van der Waals surface area (Å²) in [6.45, 7) is 4.68. The van der Waals surface area contributed by atoms with Crippen molar-refractivity contribution in [3.05, 3.63) is 59.7 Å². The largest absolute Gasteiger partial charge is 0.468 e. The lowest BCUT2D eigenvalue weighted by molar-refractivity contribution is -0.120. The van der Waals surface area contributed by atoms with Crippen molar-refractivity contribution in [2.45, 2.75) is 32.2 Å². The smallest absolute Gasteiger partial charge is 0.224 e. The molecular weight excluding hydrogens is 328 g/mol. The number of aryl methyl sites for hydroxylation is 1. The maximum atomic E-state index is 12.5. The summed E-state index contributed by atoms with van der Waals surface area (Å²) in [7, 11) is 0. The summed E-state index contributed by atoms with van der Waals surface area (Å²) in [6.07, 6.45) is 6.10. The minimum Gasteiger partial charge on any atom is -0.468 e. The predicted molar refractivity (Wildman–Crippen MR) is 99.9 cm³/mol. The van der Waals surface area contributed by atoms with Crippen molar-refractivity contribution in [1.82, 2.24) is 10.2 Å². The molecule has 3 heterocycles. The van der Waals surface area contributed by atoms with E-state index >= 15 is 0 Å². The van der Waals surface area contributed by atoms with Crippen LogP contribution in [0.4, 0.5) is 0 Å². The van der Waals surface area contributed by atoms with Gasteiger partial charge in [-0.2, -0.15) is 0 Å². The van der Waals surface area contributed by atoms with Gasteiger partial charge in [-0.15, -0.1) is 0 Å². The zero-order chi connectivity index (χ0) is 17.9. The van der Waals surface area contributed by atoms with E-state index in [2.05, 4.69) is 10.2 Å². The summed E-state index contributed by atoms with van der Waals surface area (Å²) in [5.74, 6) is 0.917. The summed E-state index contributed by atoms with van der Waals surface area (Å²) >= 11 is 0. The number of hydrogen-bond donors (Lipinski definition) is 1. The lowest BCUT2D eigenvalue weighted by atomic mass is 10.1. The molecule has 1 fully saturated rings. The fourth-order valence-electron chi connectivity index (χ4n) is 3.72. The fraction of sp³-hybridized carbons (Fsp3) is 0.381. The number of carbonyl (C=O) groups excluding carboxylic acids is 1. The molecule has 136 valence electrons. The SMILES string of the molecule is Cc1ccc2c(CC(=O)NC[C@@H](c3ccco3)N3CCCC3)coc2c1. The van der Waals surface area contributed by atoms with Crippen LogP contribution in [-0.2, 0) is 11.2 Å². The minimum atomic E-state index is 0.00373. The molecule has 0 aliphatic carbocycles. The van der Waals surface area contributed by atoms with Crippen LogP contribution in [0.5, 0.6) is 0 Å². The number of carbonyl (C=O) groups is 1. The fourth-order valence-corrected chi connectivity index (χ4v) is 3.72. The Morgan fingerprint density at radius 3 is 2.85 bits per heavy atom. The highest BCUT2D eigenvalue weighted by Crippen LogP contribution is 2.25. The molecule has 0 spiro atoms. The van der Waals surface area contributed by atoms with Crippen molar-refractivity contribution in [1.29, 1.82) is 0 Å². The van der Waals surface area contributed by atoms with Gasteiger partial charge in [0.2, 0.25) is 5.91 Å². The molecule has 1 atom stereocenters. The van der Waals surface area contributed by atoms with Crippen molar-refractivity contribution in [3.8, 4) is 0 Å². The molecule has 1 aliphatic rings. The molecule has 4 rings (SSSR count). The molecule has 1 saturated heterocycles. The molecule has 5 heteroatoms. The van der Waals surface area contributed by atoms with Crippen LogP contribution in [0, 0.1) is 6.92 Å². The van der Waals surface area contributed by atoms with Crippen molar-refractivity contribution in [2.24, 2.45) is 0 Å². The second-order valence-electron chi connectivity index (χ2n) is 7.02. The van der Waals surface area contributed by atoms with Crippen LogP contribution in [0.15, 0.2) is 51.7 Å². The maximum Gasteiger partial charge on any atom is 0.224 e. The number of fused-ring (bicyclic) bond motifs is 1. The highest BCUT2D eigenvalue weighted by Gasteiger charge is 2.26. The summed E-state index contributed by atoms with van der Waals surface area (Å²) in [5.41, 5.74) is 2.90. The van der Waals surface area contributed by atoms with Crippen LogP contribution in [0.1, 0.15) is 35.8 Å². The van der Waals surface area contributed by atoms with Crippen LogP contribution >= 0.6 is 0 Å². The maximum absolute atomic E-state index is 12.5. The Hall–Kier alpha value is -2.53. The number of nitrogens with zero attached hydrogens (tertiary/aromatic N) is 1. The first-order valence-electron chi connectivity index (χ1n) is 9.21. The zero-order valence-corrected chi connectivity index (χ0v) is 15.0. The van der Waals surface area contributed by atoms with Gasteiger partial charge in [0, 0.05) is 17.5 Å². The third kappa shape index (κ3) is 3.53.